The van der Waals surface area contributed by atoms with Crippen LogP contribution in [0.4, 0.5) is 73.7 Å². The number of nitriles is 1. The number of carbonyl (C=O) groups is 3. The Morgan fingerprint density at radius 2 is 0.837 bits per heavy atom. The molecule has 0 saturated heterocycles. The van der Waals surface area contributed by atoms with Gasteiger partial charge in [-0.3, -0.25) is 32.3 Å². The third-order valence-corrected chi connectivity index (χ3v) is 18.4. The van der Waals surface area contributed by atoms with Gasteiger partial charge in [0.05, 0.1) is 131 Å². The Labute approximate surface area is 755 Å². The van der Waals surface area contributed by atoms with Crippen molar-refractivity contribution in [2.75, 3.05) is 183 Å². The van der Waals surface area contributed by atoms with Crippen molar-refractivity contribution in [2.24, 2.45) is 0 Å². The van der Waals surface area contributed by atoms with Crippen molar-refractivity contribution in [3.8, 4) is 57.5 Å². The van der Waals surface area contributed by atoms with Gasteiger partial charge in [-0.1, -0.05) is 32.2 Å². The number of alkyl halides is 2. The standard InChI is InChI=1S/C27H33ClN8O2.C27H32N8O2.C24H30N8O.C3H4Cl2O.C2H3N.CH4.FH.Na.3H2O.H2/c1-18-7-6-12-36-23(17-30-26(18)36)19-9-11-29-27(32-19)33-21-15-20(31-25(37)8-10-28)22(16-24(21)38-5)35(4)14-13-34(2)3;1-7-25(36)30-20-15-21(24(37-6)16-22(20)34(5)14-13-33(3)4)32-27-28-11-10-19(31-27)23-17-29-26-18(2)9-8-12-35(23)26;1-16-7-6-10-32-21(15-27-23(16)32)18-8-9-26-24(28-18)29-19-13-17(25)20(14-22(19)33-5)31(4)12-11-30(2)3;4-2-1-3(5)6;1-2-3;;;;;;;/h6-7,9,11-12,15-17H,8,10,13-14H2,1-5H3,(H,31,37)(H,29,32,33);7-12,15-17H,1,13-14H2,2-6H3,(H,30,36)(H,28,31,32);6-10,13-15H,11-12,25H2,1-5H3,(H,26,28,29);1-2H2;1H3;1H4;1H;;3*1H2;1H/q;;;;;;;+1;;;;/p-1. The van der Waals surface area contributed by atoms with Gasteiger partial charge >= 0.3 is 29.6 Å². The first-order chi connectivity index (χ1) is 56.2. The first-order valence-electron chi connectivity index (χ1n) is 37.1. The Kier molecular flexibility index (Phi) is 46.0. The second-order valence-electron chi connectivity index (χ2n) is 27.4. The van der Waals surface area contributed by atoms with Crippen LogP contribution < -0.4 is 90.8 Å². The summed E-state index contributed by atoms with van der Waals surface area (Å²) < 4.78 is 23.1. The number of fused-ring (bicyclic) bond motifs is 3. The summed E-state index contributed by atoms with van der Waals surface area (Å²) in [6.07, 6.45) is 18.2. The number of pyridine rings is 3. The van der Waals surface area contributed by atoms with Crippen LogP contribution in [0.1, 0.15) is 45.3 Å². The Morgan fingerprint density at radius 3 is 1.14 bits per heavy atom. The Hall–Kier alpha value is -11.6. The summed E-state index contributed by atoms with van der Waals surface area (Å²) >= 11 is 15.8. The van der Waals surface area contributed by atoms with Crippen LogP contribution in [0.5, 0.6) is 17.2 Å². The number of anilines is 12. The third kappa shape index (κ3) is 29.9. The summed E-state index contributed by atoms with van der Waals surface area (Å²) in [6.45, 7) is 16.1. The summed E-state index contributed by atoms with van der Waals surface area (Å²) in [5.74, 6) is 3.14. The van der Waals surface area contributed by atoms with E-state index in [1.165, 1.54) is 13.0 Å². The third-order valence-electron chi connectivity index (χ3n) is 17.9. The van der Waals surface area contributed by atoms with Crippen molar-refractivity contribution < 1.29 is 80.7 Å². The number of hydrogen-bond donors (Lipinski definition) is 6. The fourth-order valence-electron chi connectivity index (χ4n) is 11.7. The average molecular weight is 1770 g/mol. The van der Waals surface area contributed by atoms with Gasteiger partial charge in [-0.05, 0) is 152 Å². The number of benzene rings is 3. The quantitative estimate of drug-likeness (QED) is 0.00773. The van der Waals surface area contributed by atoms with E-state index < -0.39 is 0 Å². The monoisotopic (exact) mass is 1760 g/mol. The van der Waals surface area contributed by atoms with Crippen molar-refractivity contribution in [1.82, 2.24) is 72.8 Å². The van der Waals surface area contributed by atoms with Crippen LogP contribution >= 0.6 is 34.8 Å². The fourth-order valence-corrected chi connectivity index (χ4v) is 12.3. The number of ether oxygens (including phenoxy) is 3. The van der Waals surface area contributed by atoms with E-state index in [1.807, 2.05) is 213 Å². The maximum absolute atomic E-state index is 12.5. The summed E-state index contributed by atoms with van der Waals surface area (Å²) in [7, 11) is 23.0. The van der Waals surface area contributed by atoms with Crippen LogP contribution in [0.15, 0.2) is 159 Å². The molecular weight excluding hydrogens is 1650 g/mol. The van der Waals surface area contributed by atoms with E-state index in [4.69, 9.17) is 75.0 Å². The molecule has 3 aromatic carbocycles. The molecule has 658 valence electrons. The molecule has 2 amide bonds. The number of nitrogens with two attached hydrogens (primary N) is 1. The summed E-state index contributed by atoms with van der Waals surface area (Å²) in [6, 6.07) is 30.6. The number of methoxy groups -OCH3 is 3. The first-order valence-corrected chi connectivity index (χ1v) is 38.5. The minimum atomic E-state index is -0.370. The number of carbonyl (C=O) groups excluding carboxylic acids is 3. The number of hydrogen-bond acceptors (Lipinski definition) is 27. The number of halogens is 4. The Bertz CT molecular complexity index is 5430. The smallest absolute Gasteiger partial charge is 0.870 e. The number of amides is 2. The molecule has 34 nitrogen and oxygen atoms in total. The van der Waals surface area contributed by atoms with Crippen LogP contribution in [-0.2, 0) is 14.4 Å². The molecule has 0 unspecified atom stereocenters. The minimum Gasteiger partial charge on any atom is -0.870 e. The molecule has 39 heteroatoms. The van der Waals surface area contributed by atoms with E-state index in [-0.39, 0.29) is 95.3 Å². The molecule has 12 N–H and O–H groups in total. The second kappa shape index (κ2) is 52.6. The molecule has 12 aromatic rings. The van der Waals surface area contributed by atoms with E-state index in [0.717, 1.165) is 124 Å². The summed E-state index contributed by atoms with van der Waals surface area (Å²) in [5.41, 5.74) is 23.5. The molecule has 0 aliphatic rings. The predicted octanol–water partition coefficient (Wildman–Crippen LogP) is 9.95. The first kappa shape index (κ1) is 107. The maximum atomic E-state index is 12.5. The summed E-state index contributed by atoms with van der Waals surface area (Å²) in [5, 5.41) is 22.6. The number of likely N-dealkylation sites (N-methyl/N-ethyl adjacent to an activating group) is 6. The van der Waals surface area contributed by atoms with Gasteiger partial charge in [-0.2, -0.15) is 5.26 Å². The van der Waals surface area contributed by atoms with E-state index >= 15 is 0 Å². The average Bonchev–Trinajstić information content (AvgIpc) is 1.79. The molecule has 0 radical (unpaired) electrons. The van der Waals surface area contributed by atoms with Crippen molar-refractivity contribution in [1.29, 1.82) is 5.26 Å². The van der Waals surface area contributed by atoms with E-state index in [9.17, 15) is 14.4 Å². The van der Waals surface area contributed by atoms with Gasteiger partial charge < -0.3 is 92.4 Å². The van der Waals surface area contributed by atoms with Gasteiger partial charge in [0, 0.05) is 149 Å². The second-order valence-corrected chi connectivity index (χ2v) is 28.6. The molecule has 0 spiro atoms. The zero-order valence-electron chi connectivity index (χ0n) is 71.7. The molecule has 123 heavy (non-hydrogen) atoms. The normalized spacial score (nSPS) is 10.2. The number of nitrogens with one attached hydrogen (secondary N) is 5. The molecule has 9 heterocycles. The molecule has 0 aliphatic carbocycles. The molecule has 12 rings (SSSR count). The van der Waals surface area contributed by atoms with Gasteiger partial charge in [-0.25, -0.2) is 44.9 Å². The SMILES string of the molecule is C.C=CC(=O)Nc1cc(Nc2nccc(-c3cnc4c(C)cccn34)n2)c(OC)cc1N(C)CCN(C)C.CC#N.COc1cc(N(C)CCN(C)C)c(N)cc1Nc1nccc(-c2cnc3c(C)cccn23)n1.COc1cc(N(C)CCN(C)C)c(NC(=O)CCCl)cc1Nc1nccc(-c2cnc3c(C)cccn23)n1.F.O.O.O=C(Cl)CCCl.[HH].[Na+].[OH-]. The molecular formula is C84H114Cl3FN25NaO9. The maximum Gasteiger partial charge on any atom is 1.00 e. The minimum absolute atomic E-state index is 0. The van der Waals surface area contributed by atoms with E-state index in [1.54, 1.807) is 58.4 Å². The fraction of sp³-hybridized carbons (Fsp3) is 0.321. The molecule has 0 atom stereocenters. The van der Waals surface area contributed by atoms with Gasteiger partial charge in [0.25, 0.3) is 0 Å². The molecule has 0 aliphatic heterocycles. The number of imidazole rings is 3. The molecule has 0 saturated carbocycles. The number of rotatable bonds is 31. The van der Waals surface area contributed by atoms with Gasteiger partial charge in [-0.15, -0.1) is 23.2 Å². The number of nitrogens with zero attached hydrogens (tertiary/aromatic N) is 19. The van der Waals surface area contributed by atoms with E-state index in [2.05, 4.69) is 92.5 Å². The van der Waals surface area contributed by atoms with Crippen molar-refractivity contribution in [3.63, 3.8) is 0 Å². The number of aromatic nitrogens is 12. The van der Waals surface area contributed by atoms with Gasteiger partial charge in [0.2, 0.25) is 34.9 Å². The van der Waals surface area contributed by atoms with Crippen LogP contribution in [0.25, 0.3) is 51.1 Å². The largest absolute Gasteiger partial charge is 1.00 e. The Morgan fingerprint density at radius 1 is 0.520 bits per heavy atom. The molecule has 0 fully saturated rings. The zero-order valence-corrected chi connectivity index (χ0v) is 76.0. The Balaban J connectivity index is 0.000000862. The van der Waals surface area contributed by atoms with Crippen molar-refractivity contribution in [3.05, 3.63) is 176 Å². The molecule has 0 bridgehead atoms. The van der Waals surface area contributed by atoms with Crippen LogP contribution in [0, 0.1) is 32.1 Å². The van der Waals surface area contributed by atoms with Crippen molar-refractivity contribution in [2.45, 2.75) is 48.0 Å². The predicted molar refractivity (Wildman–Crippen MR) is 492 cm³/mol. The van der Waals surface area contributed by atoms with Crippen molar-refractivity contribution >= 4 is 138 Å². The van der Waals surface area contributed by atoms with Crippen LogP contribution in [0.3, 0.4) is 0 Å². The number of aryl methyl sites for hydroxylation is 3. The zero-order chi connectivity index (χ0) is 85.0. The van der Waals surface area contributed by atoms with Gasteiger partial charge in [0.1, 0.15) is 34.2 Å². The number of nitrogen functional groups attached to an aromatic ring is 1. The molecule has 9 aromatic heterocycles. The van der Waals surface area contributed by atoms with Crippen LogP contribution in [0.2, 0.25) is 0 Å². The summed E-state index contributed by atoms with van der Waals surface area (Å²) in [4.78, 5) is 88.0. The van der Waals surface area contributed by atoms with Gasteiger partial charge in [0.15, 0.2) is 0 Å². The van der Waals surface area contributed by atoms with E-state index in [0.29, 0.717) is 75.1 Å². The topological polar surface area (TPSA) is 431 Å². The van der Waals surface area contributed by atoms with Crippen LogP contribution in [-0.4, -0.2) is 242 Å².